The van der Waals surface area contributed by atoms with Crippen LogP contribution >= 0.6 is 24.0 Å². The highest BCUT2D eigenvalue weighted by Crippen LogP contribution is 2.13. The zero-order valence-electron chi connectivity index (χ0n) is 15.3. The van der Waals surface area contributed by atoms with Gasteiger partial charge < -0.3 is 15.7 Å². The molecule has 2 aromatic carbocycles. The van der Waals surface area contributed by atoms with Gasteiger partial charge in [0.15, 0.2) is 11.3 Å². The molecule has 0 spiro atoms. The third kappa shape index (κ3) is 4.72. The summed E-state index contributed by atoms with van der Waals surface area (Å²) in [4.78, 5) is 46.0. The Morgan fingerprint density at radius 1 is 1.04 bits per heavy atom. The van der Waals surface area contributed by atoms with Crippen LogP contribution in [0.1, 0.15) is 0 Å². The normalized spacial score (nSPS) is 10.8. The molecule has 2 heterocycles. The molecule has 0 saturated heterocycles. The van der Waals surface area contributed by atoms with Crippen LogP contribution in [0.2, 0.25) is 1.41 Å². The summed E-state index contributed by atoms with van der Waals surface area (Å²) in [5.41, 5.74) is 2.74. The van der Waals surface area contributed by atoms with Gasteiger partial charge in [0, 0.05) is 0 Å². The fourth-order valence-corrected chi connectivity index (χ4v) is 3.18. The lowest BCUT2D eigenvalue weighted by atomic mass is 10.2. The Morgan fingerprint density at radius 3 is 2.50 bits per heavy atom. The van der Waals surface area contributed by atoms with Crippen LogP contribution in [0.15, 0.2) is 63.3 Å². The standard InChI is InChI=1S/C10H9N3O2S.C8H6N2OS/c11-8(14)5-16-10-12-7-4-2-1-3-6(7)9(15)13-10;11-7-5-3-1-2-4-6(5)9-8(12)10-7/h1-4H,5H2,(H2,11,14)(H,12,13,15);1-4H,(H2,9,10,11,12)/i/hT. The molecule has 8 nitrogen and oxygen atoms in total. The number of hydrogen-bond donors (Lipinski definition) is 4. The molecule has 0 aliphatic heterocycles. The first-order valence-corrected chi connectivity index (χ1v) is 9.41. The Kier molecular flexibility index (Phi) is 5.59. The first-order valence-electron chi connectivity index (χ1n) is 8.51. The van der Waals surface area contributed by atoms with Gasteiger partial charge >= 0.3 is 0 Å². The average molecular weight is 415 g/mol. The number of benzene rings is 2. The number of carbonyl (C=O) groups excluding carboxylic acids is 1. The van der Waals surface area contributed by atoms with Gasteiger partial charge in [-0.2, -0.15) is 0 Å². The summed E-state index contributed by atoms with van der Waals surface area (Å²) in [6.45, 7) is 0. The summed E-state index contributed by atoms with van der Waals surface area (Å²) in [7, 11) is 0. The number of thioether (sulfide) groups is 1. The van der Waals surface area contributed by atoms with Crippen molar-refractivity contribution in [2.75, 3.05) is 5.75 Å². The van der Waals surface area contributed by atoms with E-state index in [-0.39, 0.29) is 16.9 Å². The number of rotatable bonds is 3. The Hall–Kier alpha value is -3.24. The molecule has 1 amide bonds. The molecule has 142 valence electrons. The molecule has 2 aromatic heterocycles. The minimum Gasteiger partial charge on any atom is -0.369 e. The van der Waals surface area contributed by atoms with Crippen molar-refractivity contribution in [1.82, 2.24) is 19.9 Å². The topological polar surface area (TPSA) is 137 Å². The van der Waals surface area contributed by atoms with Crippen molar-refractivity contribution in [1.29, 1.82) is 0 Å². The van der Waals surface area contributed by atoms with E-state index in [2.05, 4.69) is 19.9 Å². The molecular formula is C18H15N5O3S2. The van der Waals surface area contributed by atoms with Crippen LogP contribution in [0.25, 0.3) is 21.8 Å². The number of H-pyrrole nitrogens is 3. The first kappa shape index (κ1) is 18.1. The largest absolute Gasteiger partial charge is 0.369 e. The molecule has 0 radical (unpaired) electrons. The molecule has 5 N–H and O–H groups in total. The van der Waals surface area contributed by atoms with Gasteiger partial charge in [-0.05, 0) is 36.5 Å². The third-order valence-corrected chi connectivity index (χ3v) is 4.66. The van der Waals surface area contributed by atoms with Crippen molar-refractivity contribution in [3.05, 3.63) is 74.0 Å². The van der Waals surface area contributed by atoms with Gasteiger partial charge in [0.05, 0.1) is 27.6 Å². The van der Waals surface area contributed by atoms with E-state index in [1.807, 2.05) is 18.2 Å². The summed E-state index contributed by atoms with van der Waals surface area (Å²) in [6, 6.07) is 14.2. The van der Waals surface area contributed by atoms with E-state index < -0.39 is 5.91 Å². The van der Waals surface area contributed by atoms with E-state index in [0.29, 0.717) is 26.2 Å². The van der Waals surface area contributed by atoms with Crippen molar-refractivity contribution in [2.45, 2.75) is 5.16 Å². The lowest BCUT2D eigenvalue weighted by molar-refractivity contribution is -0.115. The van der Waals surface area contributed by atoms with Gasteiger partial charge in [-0.3, -0.25) is 19.4 Å². The predicted octanol–water partition coefficient (Wildman–Crippen LogP) is 2.09. The van der Waals surface area contributed by atoms with Crippen molar-refractivity contribution < 1.29 is 6.21 Å². The summed E-state index contributed by atoms with van der Waals surface area (Å²) in [6.07, 6.45) is 0. The summed E-state index contributed by atoms with van der Waals surface area (Å²) in [5, 5.41) is 1.52. The molecule has 0 bridgehead atoms. The smallest absolute Gasteiger partial charge is 0.259 e. The Morgan fingerprint density at radius 2 is 1.71 bits per heavy atom. The first-order chi connectivity index (χ1) is 14.0. The molecule has 0 saturated carbocycles. The van der Waals surface area contributed by atoms with Gasteiger partial charge in [0.2, 0.25) is 5.91 Å². The van der Waals surface area contributed by atoms with Crippen LogP contribution in [0.3, 0.4) is 0 Å². The molecule has 4 aromatic rings. The molecule has 10 heteroatoms. The van der Waals surface area contributed by atoms with Gasteiger partial charge in [-0.25, -0.2) is 4.98 Å². The highest BCUT2D eigenvalue weighted by Gasteiger charge is 2.04. The number of para-hydroxylation sites is 2. The average Bonchev–Trinajstić information content (AvgIpc) is 2.72. The number of nitrogens with one attached hydrogen (secondary N) is 3. The molecule has 4 rings (SSSR count). The summed E-state index contributed by atoms with van der Waals surface area (Å²) in [5.74, 6) is -0.393. The predicted molar refractivity (Wildman–Crippen MR) is 112 cm³/mol. The van der Waals surface area contributed by atoms with E-state index in [1.165, 1.54) is 0 Å². The molecule has 0 fully saturated rings. The van der Waals surface area contributed by atoms with Crippen LogP contribution in [0.4, 0.5) is 0 Å². The number of hydrogen-bond acceptors (Lipinski definition) is 6. The maximum Gasteiger partial charge on any atom is 0.259 e. The lowest BCUT2D eigenvalue weighted by Gasteiger charge is -2.00. The van der Waals surface area contributed by atoms with E-state index in [1.54, 1.807) is 36.1 Å². The van der Waals surface area contributed by atoms with Gasteiger partial charge in [0.25, 0.3) is 11.1 Å². The third-order valence-electron chi connectivity index (χ3n) is 3.58. The van der Waals surface area contributed by atoms with Crippen molar-refractivity contribution in [2.24, 2.45) is 5.73 Å². The van der Waals surface area contributed by atoms with Gasteiger partial charge in [0.1, 0.15) is 0 Å². The number of aromatic nitrogens is 4. The lowest BCUT2D eigenvalue weighted by Crippen LogP contribution is -2.15. The quantitative estimate of drug-likeness (QED) is 0.230. The zero-order valence-corrected chi connectivity index (χ0v) is 15.9. The SMILES string of the molecule is O=c1[nH]c(=S)[nH]c2ccccc12.[3H]NC(=O)CSc1nc2ccccc2c(=O)[nH]1. The molecular weight excluding hydrogens is 398 g/mol. The summed E-state index contributed by atoms with van der Waals surface area (Å²) < 4.78 is 7.00. The van der Waals surface area contributed by atoms with Crippen molar-refractivity contribution in [3.63, 3.8) is 0 Å². The molecule has 0 aliphatic rings. The number of amides is 1. The maximum absolute atomic E-state index is 11.7. The number of nitrogens with two attached hydrogens (primary N) is 1. The number of primary amides is 1. The van der Waals surface area contributed by atoms with Crippen molar-refractivity contribution in [3.8, 4) is 0 Å². The second-order valence-corrected chi connectivity index (χ2v) is 6.93. The van der Waals surface area contributed by atoms with E-state index in [9.17, 15) is 14.4 Å². The highest BCUT2D eigenvalue weighted by molar-refractivity contribution is 7.99. The van der Waals surface area contributed by atoms with Crippen LogP contribution in [0.5, 0.6) is 0 Å². The fourth-order valence-electron chi connectivity index (χ4n) is 2.38. The van der Waals surface area contributed by atoms with Crippen LogP contribution < -0.4 is 16.8 Å². The van der Waals surface area contributed by atoms with Crippen molar-refractivity contribution >= 4 is 51.7 Å². The minimum absolute atomic E-state index is 0.0464. The van der Waals surface area contributed by atoms with Gasteiger partial charge in [-0.1, -0.05) is 36.0 Å². The van der Waals surface area contributed by atoms with Crippen LogP contribution in [0, 0.1) is 4.77 Å². The Balaban J connectivity index is 0.000000176. The van der Waals surface area contributed by atoms with E-state index in [4.69, 9.17) is 13.6 Å². The summed E-state index contributed by atoms with van der Waals surface area (Å²) >= 11 is 5.90. The second-order valence-electron chi connectivity index (χ2n) is 5.55. The molecule has 0 atom stereocenters. The monoisotopic (exact) mass is 415 g/mol. The molecule has 0 unspecified atom stereocenters. The maximum atomic E-state index is 11.7. The number of aromatic amines is 3. The molecule has 28 heavy (non-hydrogen) atoms. The number of carbonyl (C=O) groups is 1. The molecule has 0 aliphatic carbocycles. The minimum atomic E-state index is -0.439. The van der Waals surface area contributed by atoms with Crippen LogP contribution in [-0.2, 0) is 4.79 Å². The highest BCUT2D eigenvalue weighted by atomic mass is 32.2. The van der Waals surface area contributed by atoms with E-state index >= 15 is 0 Å². The number of nitrogens with zero attached hydrogens (tertiary/aromatic N) is 1. The number of fused-ring (bicyclic) bond motifs is 2. The van der Waals surface area contributed by atoms with E-state index in [0.717, 1.165) is 17.3 Å². The van der Waals surface area contributed by atoms with Crippen LogP contribution in [-0.4, -0.2) is 31.6 Å². The van der Waals surface area contributed by atoms with Gasteiger partial charge in [-0.15, -0.1) is 0 Å². The second kappa shape index (κ2) is 8.63. The fraction of sp³-hybridized carbons (Fsp3) is 0.0556. The Labute approximate surface area is 168 Å². The zero-order chi connectivity index (χ0) is 20.8. The Bertz CT molecular complexity index is 1350.